The predicted octanol–water partition coefficient (Wildman–Crippen LogP) is 6.07. The Kier molecular flexibility index (Phi) is 8.93. The fourth-order valence-electron chi connectivity index (χ4n) is 5.08. The molecular formula is C32H34F3N5O4. The summed E-state index contributed by atoms with van der Waals surface area (Å²) in [5.41, 5.74) is 0.959. The average Bonchev–Trinajstić information content (AvgIpc) is 2.98. The van der Waals surface area contributed by atoms with Gasteiger partial charge in [0.15, 0.2) is 11.5 Å². The van der Waals surface area contributed by atoms with Crippen molar-refractivity contribution in [2.24, 2.45) is 0 Å². The maximum absolute atomic E-state index is 14.1. The molecule has 1 aliphatic rings. The summed E-state index contributed by atoms with van der Waals surface area (Å²) in [7, 11) is 5.04. The number of benzene rings is 3. The van der Waals surface area contributed by atoms with Crippen molar-refractivity contribution in [2.75, 3.05) is 52.8 Å². The van der Waals surface area contributed by atoms with E-state index in [1.807, 2.05) is 18.9 Å². The van der Waals surface area contributed by atoms with Crippen LogP contribution < -0.4 is 19.5 Å². The van der Waals surface area contributed by atoms with Crippen LogP contribution in [-0.2, 0) is 12.7 Å². The molecule has 1 saturated heterocycles. The normalized spacial score (nSPS) is 14.5. The highest BCUT2D eigenvalue weighted by Gasteiger charge is 2.34. The lowest BCUT2D eigenvalue weighted by Crippen LogP contribution is -2.44. The molecule has 1 amide bonds. The molecule has 44 heavy (non-hydrogen) atoms. The molecule has 12 heteroatoms. The molecule has 0 spiro atoms. The number of halogens is 3. The first-order valence-corrected chi connectivity index (χ1v) is 14.1. The lowest BCUT2D eigenvalue weighted by molar-refractivity contribution is -0.138. The van der Waals surface area contributed by atoms with Crippen LogP contribution in [0.2, 0.25) is 0 Å². The molecule has 9 nitrogen and oxygen atoms in total. The van der Waals surface area contributed by atoms with Crippen molar-refractivity contribution in [3.8, 4) is 23.1 Å². The van der Waals surface area contributed by atoms with Gasteiger partial charge in [0.25, 0.3) is 5.91 Å². The molecule has 0 unspecified atom stereocenters. The van der Waals surface area contributed by atoms with Gasteiger partial charge in [0.1, 0.15) is 11.6 Å². The Morgan fingerprint density at radius 2 is 1.61 bits per heavy atom. The van der Waals surface area contributed by atoms with E-state index in [1.54, 1.807) is 31.2 Å². The van der Waals surface area contributed by atoms with Gasteiger partial charge in [0.05, 0.1) is 30.7 Å². The molecule has 4 aromatic rings. The van der Waals surface area contributed by atoms with Crippen molar-refractivity contribution in [3.05, 3.63) is 76.6 Å². The molecule has 1 fully saturated rings. The molecule has 5 rings (SSSR count). The number of hydrogen-bond donors (Lipinski definition) is 1. The van der Waals surface area contributed by atoms with Crippen molar-refractivity contribution in [3.63, 3.8) is 0 Å². The van der Waals surface area contributed by atoms with Crippen molar-refractivity contribution >= 4 is 22.5 Å². The number of carbonyl (C=O) groups excluding carboxylic acids is 1. The Morgan fingerprint density at radius 1 is 0.909 bits per heavy atom. The highest BCUT2D eigenvalue weighted by Crippen LogP contribution is 2.38. The summed E-state index contributed by atoms with van der Waals surface area (Å²) in [4.78, 5) is 26.3. The second kappa shape index (κ2) is 12.7. The number of anilines is 1. The quantitative estimate of drug-likeness (QED) is 0.257. The van der Waals surface area contributed by atoms with E-state index in [0.717, 1.165) is 24.7 Å². The minimum Gasteiger partial charge on any atom is -0.493 e. The summed E-state index contributed by atoms with van der Waals surface area (Å²) in [6.07, 6.45) is -4.57. The van der Waals surface area contributed by atoms with E-state index in [9.17, 15) is 18.0 Å². The molecule has 0 atom stereocenters. The minimum absolute atomic E-state index is 0.0472. The van der Waals surface area contributed by atoms with Gasteiger partial charge in [-0.15, -0.1) is 0 Å². The molecule has 1 N–H and O–H groups in total. The standard InChI is InChI=1S/C32H34F3N5O4/c1-19-6-7-21(14-27(19)44-31-24-16-28(42-4)29(43-5)17-26(24)36-20(2)37-31)30(41)38-23-9-8-22(25(15-23)32(33,34)35)18-40-12-10-39(3)11-13-40/h6-9,14-17H,10-13,18H2,1-5H3,(H,38,41). The number of methoxy groups -OCH3 is 2. The Bertz CT molecular complexity index is 1690. The molecule has 0 bridgehead atoms. The molecular weight excluding hydrogens is 575 g/mol. The number of aromatic nitrogens is 2. The molecule has 2 heterocycles. The van der Waals surface area contributed by atoms with Crippen LogP contribution in [0.5, 0.6) is 23.1 Å². The Labute approximate surface area is 253 Å². The number of nitrogens with zero attached hydrogens (tertiary/aromatic N) is 4. The topological polar surface area (TPSA) is 89.0 Å². The Balaban J connectivity index is 1.39. The van der Waals surface area contributed by atoms with Crippen LogP contribution in [0, 0.1) is 13.8 Å². The second-order valence-corrected chi connectivity index (χ2v) is 10.8. The zero-order valence-corrected chi connectivity index (χ0v) is 25.2. The van der Waals surface area contributed by atoms with Crippen LogP contribution in [0.3, 0.4) is 0 Å². The first kappa shape index (κ1) is 31.0. The number of rotatable bonds is 8. The van der Waals surface area contributed by atoms with Crippen molar-refractivity contribution in [2.45, 2.75) is 26.6 Å². The number of fused-ring (bicyclic) bond motifs is 1. The number of ether oxygens (including phenoxy) is 3. The zero-order valence-electron chi connectivity index (χ0n) is 25.2. The minimum atomic E-state index is -4.57. The average molecular weight is 610 g/mol. The number of aryl methyl sites for hydroxylation is 2. The number of hydrogen-bond acceptors (Lipinski definition) is 8. The first-order chi connectivity index (χ1) is 20.9. The van der Waals surface area contributed by atoms with Gasteiger partial charge in [-0.2, -0.15) is 18.2 Å². The number of nitrogens with one attached hydrogen (secondary N) is 1. The smallest absolute Gasteiger partial charge is 0.416 e. The van der Waals surface area contributed by atoms with E-state index >= 15 is 0 Å². The SMILES string of the molecule is COc1cc2nc(C)nc(Oc3cc(C(=O)Nc4ccc(CN5CCN(C)CC5)c(C(F)(F)F)c4)ccc3C)c2cc1OC. The summed E-state index contributed by atoms with van der Waals surface area (Å²) in [5, 5.41) is 3.18. The van der Waals surface area contributed by atoms with Crippen molar-refractivity contribution in [1.29, 1.82) is 0 Å². The summed E-state index contributed by atoms with van der Waals surface area (Å²) in [6.45, 7) is 6.70. The number of amides is 1. The molecule has 0 saturated carbocycles. The van der Waals surface area contributed by atoms with Crippen LogP contribution in [0.4, 0.5) is 18.9 Å². The third-order valence-electron chi connectivity index (χ3n) is 7.60. The van der Waals surface area contributed by atoms with Gasteiger partial charge in [-0.3, -0.25) is 9.69 Å². The Morgan fingerprint density at radius 3 is 2.30 bits per heavy atom. The fourth-order valence-corrected chi connectivity index (χ4v) is 5.08. The van der Waals surface area contributed by atoms with E-state index in [1.165, 1.54) is 32.4 Å². The van der Waals surface area contributed by atoms with Crippen LogP contribution in [0.15, 0.2) is 48.5 Å². The van der Waals surface area contributed by atoms with Gasteiger partial charge in [-0.05, 0) is 62.4 Å². The van der Waals surface area contributed by atoms with Gasteiger partial charge >= 0.3 is 6.18 Å². The highest BCUT2D eigenvalue weighted by atomic mass is 19.4. The third kappa shape index (κ3) is 6.87. The van der Waals surface area contributed by atoms with Crippen molar-refractivity contribution < 1.29 is 32.2 Å². The summed E-state index contributed by atoms with van der Waals surface area (Å²) in [5.74, 6) is 1.45. The molecule has 3 aromatic carbocycles. The van der Waals surface area contributed by atoms with Crippen molar-refractivity contribution in [1.82, 2.24) is 19.8 Å². The van der Waals surface area contributed by atoms with E-state index < -0.39 is 17.6 Å². The second-order valence-electron chi connectivity index (χ2n) is 10.8. The van der Waals surface area contributed by atoms with Gasteiger partial charge in [0, 0.05) is 50.0 Å². The van der Waals surface area contributed by atoms with E-state index in [-0.39, 0.29) is 29.2 Å². The monoisotopic (exact) mass is 609 g/mol. The molecule has 0 aliphatic carbocycles. The van der Waals surface area contributed by atoms with Gasteiger partial charge < -0.3 is 24.4 Å². The zero-order chi connectivity index (χ0) is 31.6. The summed E-state index contributed by atoms with van der Waals surface area (Å²) in [6, 6.07) is 12.2. The Hall–Kier alpha value is -4.42. The molecule has 0 radical (unpaired) electrons. The third-order valence-corrected chi connectivity index (χ3v) is 7.60. The summed E-state index contributed by atoms with van der Waals surface area (Å²) >= 11 is 0. The molecule has 232 valence electrons. The van der Waals surface area contributed by atoms with E-state index in [0.29, 0.717) is 47.1 Å². The number of alkyl halides is 3. The van der Waals surface area contributed by atoms with Gasteiger partial charge in [0.2, 0.25) is 5.88 Å². The lowest BCUT2D eigenvalue weighted by atomic mass is 10.0. The highest BCUT2D eigenvalue weighted by molar-refractivity contribution is 6.04. The van der Waals surface area contributed by atoms with Gasteiger partial charge in [-0.1, -0.05) is 12.1 Å². The van der Waals surface area contributed by atoms with E-state index in [4.69, 9.17) is 14.2 Å². The predicted molar refractivity (Wildman–Crippen MR) is 161 cm³/mol. The number of carbonyl (C=O) groups is 1. The van der Waals surface area contributed by atoms with Crippen LogP contribution in [-0.4, -0.2) is 73.1 Å². The molecule has 1 aliphatic heterocycles. The largest absolute Gasteiger partial charge is 0.493 e. The molecule has 1 aromatic heterocycles. The van der Waals surface area contributed by atoms with Crippen LogP contribution >= 0.6 is 0 Å². The van der Waals surface area contributed by atoms with Crippen LogP contribution in [0.1, 0.15) is 32.9 Å². The number of piperazine rings is 1. The van der Waals surface area contributed by atoms with E-state index in [2.05, 4.69) is 20.2 Å². The fraction of sp³-hybridized carbons (Fsp3) is 0.344. The first-order valence-electron chi connectivity index (χ1n) is 14.1. The van der Waals surface area contributed by atoms with Crippen LogP contribution in [0.25, 0.3) is 10.9 Å². The maximum atomic E-state index is 14.1. The van der Waals surface area contributed by atoms with Gasteiger partial charge in [-0.25, -0.2) is 4.98 Å². The summed E-state index contributed by atoms with van der Waals surface area (Å²) < 4.78 is 59.2. The number of likely N-dealkylation sites (N-methyl/N-ethyl adjacent to an activating group) is 1. The lowest BCUT2D eigenvalue weighted by Gasteiger charge is -2.33. The maximum Gasteiger partial charge on any atom is 0.416 e.